The molecule has 0 aromatic heterocycles. The van der Waals surface area contributed by atoms with Crippen molar-refractivity contribution in [3.8, 4) is 0 Å². The molecule has 0 aliphatic rings. The zero-order chi connectivity index (χ0) is 7.28. The van der Waals surface area contributed by atoms with Gasteiger partial charge in [0.05, 0.1) is 0 Å². The van der Waals surface area contributed by atoms with Crippen LogP contribution >= 0.6 is 11.6 Å². The van der Waals surface area contributed by atoms with E-state index in [4.69, 9.17) is 21.6 Å². The standard InChI is InChI=1S/C5H12BClO2/c1-5(7)3-2-4-6(8)9/h5,8-9H,2-4H2,1H3. The lowest BCUT2D eigenvalue weighted by molar-refractivity contribution is 0.402. The van der Waals surface area contributed by atoms with Crippen LogP contribution < -0.4 is 0 Å². The smallest absolute Gasteiger partial charge is 0.427 e. The van der Waals surface area contributed by atoms with Crippen LogP contribution in [0.2, 0.25) is 6.32 Å². The van der Waals surface area contributed by atoms with E-state index in [1.807, 2.05) is 6.92 Å². The van der Waals surface area contributed by atoms with Gasteiger partial charge in [-0.1, -0.05) is 6.42 Å². The monoisotopic (exact) mass is 150 g/mol. The van der Waals surface area contributed by atoms with E-state index in [0.29, 0.717) is 6.32 Å². The molecular formula is C5H12BClO2. The maximum atomic E-state index is 8.38. The molecule has 2 N–H and O–H groups in total. The van der Waals surface area contributed by atoms with Gasteiger partial charge in [0.25, 0.3) is 0 Å². The molecule has 0 aliphatic carbocycles. The van der Waals surface area contributed by atoms with E-state index < -0.39 is 7.12 Å². The van der Waals surface area contributed by atoms with Crippen LogP contribution in [0.15, 0.2) is 0 Å². The fourth-order valence-electron chi connectivity index (χ4n) is 0.582. The molecular weight excluding hydrogens is 138 g/mol. The molecule has 54 valence electrons. The molecule has 9 heavy (non-hydrogen) atoms. The quantitative estimate of drug-likeness (QED) is 0.461. The predicted molar refractivity (Wildman–Crippen MR) is 39.5 cm³/mol. The van der Waals surface area contributed by atoms with Crippen LogP contribution in [0.5, 0.6) is 0 Å². The second-order valence-corrected chi connectivity index (χ2v) is 2.94. The van der Waals surface area contributed by atoms with Crippen LogP contribution in [-0.2, 0) is 0 Å². The predicted octanol–water partition coefficient (Wildman–Crippen LogP) is 0.867. The van der Waals surface area contributed by atoms with E-state index in [-0.39, 0.29) is 5.38 Å². The van der Waals surface area contributed by atoms with Crippen molar-refractivity contribution in [2.75, 3.05) is 0 Å². The fourth-order valence-corrected chi connectivity index (χ4v) is 0.736. The topological polar surface area (TPSA) is 40.5 Å². The summed E-state index contributed by atoms with van der Waals surface area (Å²) in [6, 6.07) is 0. The molecule has 0 radical (unpaired) electrons. The summed E-state index contributed by atoms with van der Waals surface area (Å²) >= 11 is 5.60. The van der Waals surface area contributed by atoms with Crippen molar-refractivity contribution >= 4 is 18.7 Å². The molecule has 0 heterocycles. The molecule has 0 saturated heterocycles. The molecule has 0 aromatic carbocycles. The van der Waals surface area contributed by atoms with Crippen LogP contribution in [0.25, 0.3) is 0 Å². The summed E-state index contributed by atoms with van der Waals surface area (Å²) in [5.74, 6) is 0. The van der Waals surface area contributed by atoms with Crippen molar-refractivity contribution in [1.82, 2.24) is 0 Å². The molecule has 0 amide bonds. The highest BCUT2D eigenvalue weighted by Gasteiger charge is 2.05. The van der Waals surface area contributed by atoms with Crippen molar-refractivity contribution in [2.45, 2.75) is 31.5 Å². The molecule has 1 atom stereocenters. The fraction of sp³-hybridized carbons (Fsp3) is 1.00. The SMILES string of the molecule is CC(Cl)CCCB(O)O. The summed E-state index contributed by atoms with van der Waals surface area (Å²) in [6.45, 7) is 1.89. The minimum absolute atomic E-state index is 0.142. The molecule has 0 aliphatic heterocycles. The molecule has 1 unspecified atom stereocenters. The van der Waals surface area contributed by atoms with Crippen LogP contribution in [0.3, 0.4) is 0 Å². The lowest BCUT2D eigenvalue weighted by Gasteiger charge is -2.00. The summed E-state index contributed by atoms with van der Waals surface area (Å²) < 4.78 is 0. The van der Waals surface area contributed by atoms with Crippen LogP contribution in [0, 0.1) is 0 Å². The summed E-state index contributed by atoms with van der Waals surface area (Å²) in [4.78, 5) is 0. The van der Waals surface area contributed by atoms with Crippen molar-refractivity contribution in [2.24, 2.45) is 0 Å². The molecule has 4 heteroatoms. The molecule has 2 nitrogen and oxygen atoms in total. The Morgan fingerprint density at radius 2 is 2.11 bits per heavy atom. The third-order valence-corrected chi connectivity index (χ3v) is 1.28. The highest BCUT2D eigenvalue weighted by atomic mass is 35.5. The van der Waals surface area contributed by atoms with Gasteiger partial charge in [0, 0.05) is 5.38 Å². The number of hydrogen-bond donors (Lipinski definition) is 2. The molecule has 0 aromatic rings. The van der Waals surface area contributed by atoms with E-state index in [1.165, 1.54) is 0 Å². The first-order valence-electron chi connectivity index (χ1n) is 3.13. The van der Waals surface area contributed by atoms with Gasteiger partial charge in [-0.05, 0) is 19.7 Å². The Kier molecular flexibility index (Phi) is 5.25. The third kappa shape index (κ3) is 8.27. The minimum atomic E-state index is -1.17. The van der Waals surface area contributed by atoms with Gasteiger partial charge in [-0.3, -0.25) is 0 Å². The van der Waals surface area contributed by atoms with E-state index >= 15 is 0 Å². The molecule has 0 fully saturated rings. The molecule has 0 saturated carbocycles. The van der Waals surface area contributed by atoms with Gasteiger partial charge in [0.2, 0.25) is 0 Å². The van der Waals surface area contributed by atoms with E-state index in [1.54, 1.807) is 0 Å². The van der Waals surface area contributed by atoms with E-state index in [2.05, 4.69) is 0 Å². The highest BCUT2D eigenvalue weighted by Crippen LogP contribution is 2.06. The van der Waals surface area contributed by atoms with Crippen molar-refractivity contribution in [3.63, 3.8) is 0 Å². The number of hydrogen-bond acceptors (Lipinski definition) is 2. The van der Waals surface area contributed by atoms with Crippen LogP contribution in [0.4, 0.5) is 0 Å². The van der Waals surface area contributed by atoms with Gasteiger partial charge in [0.1, 0.15) is 0 Å². The maximum absolute atomic E-state index is 8.38. The van der Waals surface area contributed by atoms with Crippen molar-refractivity contribution in [3.05, 3.63) is 0 Å². The first kappa shape index (κ1) is 9.27. The molecule has 0 spiro atoms. The summed E-state index contributed by atoms with van der Waals surface area (Å²) in [6.07, 6.45) is 2.05. The van der Waals surface area contributed by atoms with E-state index in [0.717, 1.165) is 12.8 Å². The normalized spacial score (nSPS) is 13.3. The second kappa shape index (κ2) is 5.09. The zero-order valence-electron chi connectivity index (χ0n) is 5.55. The van der Waals surface area contributed by atoms with Gasteiger partial charge in [-0.25, -0.2) is 0 Å². The highest BCUT2D eigenvalue weighted by molar-refractivity contribution is 6.40. The largest absolute Gasteiger partial charge is 0.451 e. The Morgan fingerprint density at radius 3 is 2.44 bits per heavy atom. The first-order valence-corrected chi connectivity index (χ1v) is 3.56. The maximum Gasteiger partial charge on any atom is 0.451 e. The van der Waals surface area contributed by atoms with Gasteiger partial charge in [-0.2, -0.15) is 0 Å². The number of halogens is 1. The third-order valence-electron chi connectivity index (χ3n) is 1.06. The summed E-state index contributed by atoms with van der Waals surface area (Å²) in [5, 5.41) is 16.9. The van der Waals surface area contributed by atoms with Gasteiger partial charge in [0.15, 0.2) is 0 Å². The minimum Gasteiger partial charge on any atom is -0.427 e. The zero-order valence-corrected chi connectivity index (χ0v) is 6.30. The number of alkyl halides is 1. The average molecular weight is 150 g/mol. The van der Waals surface area contributed by atoms with Gasteiger partial charge < -0.3 is 10.0 Å². The Balaban J connectivity index is 2.91. The number of rotatable bonds is 4. The lowest BCUT2D eigenvalue weighted by Crippen LogP contribution is -2.10. The summed E-state index contributed by atoms with van der Waals surface area (Å²) in [7, 11) is -1.17. The van der Waals surface area contributed by atoms with Gasteiger partial charge >= 0.3 is 7.12 Å². The Morgan fingerprint density at radius 1 is 1.56 bits per heavy atom. The first-order chi connectivity index (χ1) is 4.13. The second-order valence-electron chi connectivity index (χ2n) is 2.19. The Labute approximate surface area is 61.0 Å². The van der Waals surface area contributed by atoms with Crippen molar-refractivity contribution in [1.29, 1.82) is 0 Å². The van der Waals surface area contributed by atoms with Crippen molar-refractivity contribution < 1.29 is 10.0 Å². The van der Waals surface area contributed by atoms with Gasteiger partial charge in [-0.15, -0.1) is 11.6 Å². The lowest BCUT2D eigenvalue weighted by atomic mass is 9.83. The van der Waals surface area contributed by atoms with Crippen LogP contribution in [0.1, 0.15) is 19.8 Å². The Bertz CT molecular complexity index is 60.0. The molecule has 0 bridgehead atoms. The van der Waals surface area contributed by atoms with Crippen LogP contribution in [-0.4, -0.2) is 22.5 Å². The van der Waals surface area contributed by atoms with E-state index in [9.17, 15) is 0 Å². The molecule has 0 rings (SSSR count). The summed E-state index contributed by atoms with van der Waals surface area (Å²) in [5.41, 5.74) is 0. The Hall–Kier alpha value is 0.275. The average Bonchev–Trinajstić information content (AvgIpc) is 1.63.